The molecule has 1 amide bonds. The van der Waals surface area contributed by atoms with Gasteiger partial charge in [0.25, 0.3) is 0 Å². The Bertz CT molecular complexity index is 1600. The molecule has 0 radical (unpaired) electrons. The van der Waals surface area contributed by atoms with Gasteiger partial charge in [-0.1, -0.05) is 59.6 Å². The van der Waals surface area contributed by atoms with E-state index in [4.69, 9.17) is 11.6 Å². The first-order valence-corrected chi connectivity index (χ1v) is 12.2. The highest BCUT2D eigenvalue weighted by molar-refractivity contribution is 6.31. The predicted molar refractivity (Wildman–Crippen MR) is 143 cm³/mol. The van der Waals surface area contributed by atoms with Crippen LogP contribution in [0.5, 0.6) is 0 Å². The second-order valence-electron chi connectivity index (χ2n) is 9.01. The maximum absolute atomic E-state index is 13.1. The van der Waals surface area contributed by atoms with Gasteiger partial charge in [0.05, 0.1) is 29.3 Å². The summed E-state index contributed by atoms with van der Waals surface area (Å²) >= 11 is 6.33. The number of hydrogen-bond acceptors (Lipinski definition) is 4. The van der Waals surface area contributed by atoms with Gasteiger partial charge in [0.15, 0.2) is 5.65 Å². The molecule has 0 atom stereocenters. The van der Waals surface area contributed by atoms with Gasteiger partial charge in [-0.15, -0.1) is 0 Å². The SMILES string of the molecule is Cc1cccc(-c2ccnc3c2c(C)nn3CC(=O)Nc2c(C)nn(Cc3ccccc3Cl)c2C)c1. The molecule has 7 nitrogen and oxygen atoms in total. The van der Waals surface area contributed by atoms with Crippen LogP contribution in [0, 0.1) is 27.7 Å². The normalized spacial score (nSPS) is 11.2. The molecule has 0 saturated heterocycles. The number of carbonyl (C=O) groups is 1. The number of hydrogen-bond donors (Lipinski definition) is 1. The van der Waals surface area contributed by atoms with E-state index >= 15 is 0 Å². The molecule has 5 aromatic rings. The number of carbonyl (C=O) groups excluding carboxylic acids is 1. The van der Waals surface area contributed by atoms with Crippen LogP contribution in [0.3, 0.4) is 0 Å². The van der Waals surface area contributed by atoms with Crippen molar-refractivity contribution >= 4 is 34.2 Å². The number of halogens is 1. The highest BCUT2D eigenvalue weighted by atomic mass is 35.5. The molecule has 0 aliphatic heterocycles. The van der Waals surface area contributed by atoms with E-state index < -0.39 is 0 Å². The van der Waals surface area contributed by atoms with E-state index in [1.54, 1.807) is 10.9 Å². The maximum Gasteiger partial charge on any atom is 0.246 e. The Balaban J connectivity index is 1.40. The van der Waals surface area contributed by atoms with Crippen molar-refractivity contribution in [3.05, 3.63) is 94.0 Å². The summed E-state index contributed by atoms with van der Waals surface area (Å²) in [5.74, 6) is -0.189. The standard InChI is InChI=1S/C28H27ClN6O/c1-17-8-7-10-21(14-17)23-12-13-30-28-26(23)18(2)32-35(28)16-25(36)31-27-19(3)33-34(20(27)4)15-22-9-5-6-11-24(22)29/h5-14H,15-16H2,1-4H3,(H,31,36). The second-order valence-corrected chi connectivity index (χ2v) is 9.42. The molecule has 0 aliphatic carbocycles. The second kappa shape index (κ2) is 9.59. The minimum Gasteiger partial charge on any atom is -0.321 e. The van der Waals surface area contributed by atoms with Crippen LogP contribution in [-0.4, -0.2) is 30.5 Å². The third-order valence-electron chi connectivity index (χ3n) is 6.35. The lowest BCUT2D eigenvalue weighted by Gasteiger charge is -2.09. The van der Waals surface area contributed by atoms with Crippen molar-refractivity contribution in [1.29, 1.82) is 0 Å². The number of aromatic nitrogens is 5. The van der Waals surface area contributed by atoms with Crippen LogP contribution in [0.25, 0.3) is 22.2 Å². The van der Waals surface area contributed by atoms with Crippen molar-refractivity contribution in [2.24, 2.45) is 0 Å². The van der Waals surface area contributed by atoms with E-state index in [-0.39, 0.29) is 12.5 Å². The fourth-order valence-corrected chi connectivity index (χ4v) is 4.78. The molecule has 1 N–H and O–H groups in total. The predicted octanol–water partition coefficient (Wildman–Crippen LogP) is 5.87. The number of nitrogens with one attached hydrogen (secondary N) is 1. The van der Waals surface area contributed by atoms with Gasteiger partial charge in [0, 0.05) is 16.6 Å². The summed E-state index contributed by atoms with van der Waals surface area (Å²) in [5, 5.41) is 13.9. The van der Waals surface area contributed by atoms with Gasteiger partial charge in [-0.05, 0) is 56.5 Å². The number of amides is 1. The lowest BCUT2D eigenvalue weighted by atomic mass is 10.0. The quantitative estimate of drug-likeness (QED) is 0.317. The molecule has 5 rings (SSSR count). The fourth-order valence-electron chi connectivity index (χ4n) is 4.58. The van der Waals surface area contributed by atoms with Crippen molar-refractivity contribution in [3.63, 3.8) is 0 Å². The average molecular weight is 499 g/mol. The van der Waals surface area contributed by atoms with Crippen molar-refractivity contribution in [3.8, 4) is 11.1 Å². The molecule has 0 spiro atoms. The minimum absolute atomic E-state index is 0.0448. The first-order chi connectivity index (χ1) is 17.3. The van der Waals surface area contributed by atoms with E-state index in [0.717, 1.165) is 39.2 Å². The first kappa shape index (κ1) is 23.8. The molecule has 0 saturated carbocycles. The van der Waals surface area contributed by atoms with Crippen LogP contribution in [0.2, 0.25) is 5.02 Å². The summed E-state index contributed by atoms with van der Waals surface area (Å²) in [6.07, 6.45) is 1.77. The van der Waals surface area contributed by atoms with Crippen molar-refractivity contribution < 1.29 is 4.79 Å². The molecular weight excluding hydrogens is 472 g/mol. The molecule has 0 fully saturated rings. The van der Waals surface area contributed by atoms with Crippen LogP contribution < -0.4 is 5.32 Å². The Morgan fingerprint density at radius 3 is 2.50 bits per heavy atom. The van der Waals surface area contributed by atoms with Gasteiger partial charge in [-0.25, -0.2) is 9.67 Å². The number of aryl methyl sites for hydroxylation is 3. The zero-order valence-electron chi connectivity index (χ0n) is 20.7. The summed E-state index contributed by atoms with van der Waals surface area (Å²) in [4.78, 5) is 17.7. The third kappa shape index (κ3) is 4.50. The molecule has 0 unspecified atom stereocenters. The fraction of sp³-hybridized carbons (Fsp3) is 0.214. The number of pyridine rings is 1. The Labute approximate surface area is 214 Å². The lowest BCUT2D eigenvalue weighted by Crippen LogP contribution is -2.20. The molecule has 182 valence electrons. The number of nitrogens with zero attached hydrogens (tertiary/aromatic N) is 5. The van der Waals surface area contributed by atoms with Crippen LogP contribution in [0.1, 0.15) is 28.2 Å². The molecule has 3 heterocycles. The summed E-state index contributed by atoms with van der Waals surface area (Å²) in [6.45, 7) is 8.41. The lowest BCUT2D eigenvalue weighted by molar-refractivity contribution is -0.116. The molecule has 8 heteroatoms. The smallest absolute Gasteiger partial charge is 0.246 e. The molecule has 3 aromatic heterocycles. The number of fused-ring (bicyclic) bond motifs is 1. The molecule has 0 aliphatic rings. The Hall–Kier alpha value is -3.97. The number of rotatable bonds is 6. The Morgan fingerprint density at radius 2 is 1.72 bits per heavy atom. The summed E-state index contributed by atoms with van der Waals surface area (Å²) in [6, 6.07) is 18.0. The van der Waals surface area contributed by atoms with Crippen molar-refractivity contribution in [1.82, 2.24) is 24.5 Å². The van der Waals surface area contributed by atoms with Crippen molar-refractivity contribution in [2.75, 3.05) is 5.32 Å². The van der Waals surface area contributed by atoms with E-state index in [2.05, 4.69) is 45.6 Å². The summed E-state index contributed by atoms with van der Waals surface area (Å²) in [7, 11) is 0. The largest absolute Gasteiger partial charge is 0.321 e. The van der Waals surface area contributed by atoms with Gasteiger partial charge in [-0.3, -0.25) is 9.48 Å². The Morgan fingerprint density at radius 1 is 0.944 bits per heavy atom. The van der Waals surface area contributed by atoms with Gasteiger partial charge in [-0.2, -0.15) is 10.2 Å². The van der Waals surface area contributed by atoms with E-state index in [9.17, 15) is 4.79 Å². The van der Waals surface area contributed by atoms with Crippen LogP contribution in [0.4, 0.5) is 5.69 Å². The number of benzene rings is 2. The zero-order valence-corrected chi connectivity index (χ0v) is 21.5. The Kier molecular flexibility index (Phi) is 6.33. The average Bonchev–Trinajstić information content (AvgIpc) is 3.31. The highest BCUT2D eigenvalue weighted by Crippen LogP contribution is 2.30. The van der Waals surface area contributed by atoms with Crippen LogP contribution >= 0.6 is 11.6 Å². The third-order valence-corrected chi connectivity index (χ3v) is 6.72. The van der Waals surface area contributed by atoms with Gasteiger partial charge in [0.2, 0.25) is 5.91 Å². The minimum atomic E-state index is -0.189. The first-order valence-electron chi connectivity index (χ1n) is 11.8. The summed E-state index contributed by atoms with van der Waals surface area (Å²) < 4.78 is 3.52. The number of anilines is 1. The van der Waals surface area contributed by atoms with Crippen LogP contribution in [0.15, 0.2) is 60.8 Å². The molecular formula is C28H27ClN6O. The van der Waals surface area contributed by atoms with Gasteiger partial charge in [0.1, 0.15) is 6.54 Å². The van der Waals surface area contributed by atoms with Gasteiger partial charge >= 0.3 is 0 Å². The van der Waals surface area contributed by atoms with Crippen molar-refractivity contribution in [2.45, 2.75) is 40.8 Å². The highest BCUT2D eigenvalue weighted by Gasteiger charge is 2.19. The zero-order chi connectivity index (χ0) is 25.4. The molecule has 2 aromatic carbocycles. The molecule has 36 heavy (non-hydrogen) atoms. The van der Waals surface area contributed by atoms with E-state index in [1.807, 2.05) is 61.9 Å². The summed E-state index contributed by atoms with van der Waals surface area (Å²) in [5.41, 5.74) is 8.14. The molecule has 0 bridgehead atoms. The van der Waals surface area contributed by atoms with Crippen LogP contribution in [-0.2, 0) is 17.9 Å². The van der Waals surface area contributed by atoms with E-state index in [0.29, 0.717) is 22.9 Å². The van der Waals surface area contributed by atoms with Gasteiger partial charge < -0.3 is 5.32 Å². The monoisotopic (exact) mass is 498 g/mol. The maximum atomic E-state index is 13.1. The topological polar surface area (TPSA) is 77.6 Å². The van der Waals surface area contributed by atoms with E-state index in [1.165, 1.54) is 5.56 Å².